The Balaban J connectivity index is 3.17. The third-order valence-corrected chi connectivity index (χ3v) is 1.94. The fourth-order valence-corrected chi connectivity index (χ4v) is 1.19. The summed E-state index contributed by atoms with van der Waals surface area (Å²) in [5, 5.41) is 19.0. The van der Waals surface area contributed by atoms with Crippen molar-refractivity contribution in [3.63, 3.8) is 0 Å². The number of hydrogen-bond acceptors (Lipinski definition) is 5. The highest BCUT2D eigenvalue weighted by molar-refractivity contribution is 5.41. The molecule has 0 aliphatic rings. The van der Waals surface area contributed by atoms with Crippen LogP contribution in [0.15, 0.2) is 18.2 Å². The highest BCUT2D eigenvalue weighted by Crippen LogP contribution is 2.34. The summed E-state index contributed by atoms with van der Waals surface area (Å²) in [4.78, 5) is 23.1. The van der Waals surface area contributed by atoms with Crippen molar-refractivity contribution in [2.24, 2.45) is 0 Å². The molecule has 18 heavy (non-hydrogen) atoms. The van der Waals surface area contributed by atoms with E-state index in [0.717, 1.165) is 12.1 Å². The van der Waals surface area contributed by atoms with Gasteiger partial charge < -0.3 is 4.84 Å². The Morgan fingerprint density at radius 3 is 2.28 bits per heavy atom. The van der Waals surface area contributed by atoms with Crippen LogP contribution in [0.2, 0.25) is 0 Å². The third kappa shape index (κ3) is 3.30. The summed E-state index contributed by atoms with van der Waals surface area (Å²) in [5.74, 6) is 0. The lowest BCUT2D eigenvalue weighted by Crippen LogP contribution is -2.12. The first-order valence-corrected chi connectivity index (χ1v) is 4.33. The number of halogens is 3. The van der Waals surface area contributed by atoms with E-state index in [-0.39, 0.29) is 0 Å². The van der Waals surface area contributed by atoms with Crippen LogP contribution < -0.4 is 0 Å². The summed E-state index contributed by atoms with van der Waals surface area (Å²) >= 11 is 0. The van der Waals surface area contributed by atoms with Gasteiger partial charge in [0, 0.05) is 12.1 Å². The summed E-state index contributed by atoms with van der Waals surface area (Å²) < 4.78 is 37.7. The Morgan fingerprint density at radius 1 is 1.22 bits per heavy atom. The number of alkyl halides is 3. The number of hydrogen-bond donors (Lipinski definition) is 0. The molecule has 0 saturated heterocycles. The Hall–Kier alpha value is -2.39. The monoisotopic (exact) mass is 266 g/mol. The molecule has 98 valence electrons. The van der Waals surface area contributed by atoms with Crippen LogP contribution in [0, 0.1) is 20.2 Å². The van der Waals surface area contributed by atoms with Gasteiger partial charge in [-0.1, -0.05) is 0 Å². The Kier molecular flexibility index (Phi) is 3.69. The molecular formula is C8H5F3N2O5. The first-order chi connectivity index (χ1) is 8.21. The van der Waals surface area contributed by atoms with Crippen LogP contribution in [0.3, 0.4) is 0 Å². The van der Waals surface area contributed by atoms with Gasteiger partial charge in [0.2, 0.25) is 0 Å². The van der Waals surface area contributed by atoms with Crippen LogP contribution in [0.25, 0.3) is 0 Å². The van der Waals surface area contributed by atoms with Crippen molar-refractivity contribution in [1.82, 2.24) is 0 Å². The number of non-ortho nitro benzene ring substituents is 1. The van der Waals surface area contributed by atoms with Gasteiger partial charge >= 0.3 is 6.18 Å². The average Bonchev–Trinajstić information content (AvgIpc) is 2.24. The average molecular weight is 266 g/mol. The molecule has 0 saturated carbocycles. The quantitative estimate of drug-likeness (QED) is 0.615. The normalized spacial score (nSPS) is 11.1. The molecule has 0 unspecified atom stereocenters. The van der Waals surface area contributed by atoms with Gasteiger partial charge in [-0.25, -0.2) is 0 Å². The molecule has 7 nitrogen and oxygen atoms in total. The van der Waals surface area contributed by atoms with Gasteiger partial charge in [-0.05, 0) is 11.6 Å². The minimum absolute atomic E-state index is 0.304. The fraction of sp³-hybridized carbons (Fsp3) is 0.250. The number of nitro benzene ring substituents is 1. The van der Waals surface area contributed by atoms with Crippen LogP contribution in [-0.2, 0) is 17.6 Å². The van der Waals surface area contributed by atoms with E-state index in [1.165, 1.54) is 0 Å². The molecule has 0 spiro atoms. The molecule has 0 aromatic heterocycles. The zero-order valence-electron chi connectivity index (χ0n) is 8.51. The topological polar surface area (TPSA) is 95.5 Å². The molecule has 0 aliphatic heterocycles. The first-order valence-electron chi connectivity index (χ1n) is 4.33. The van der Waals surface area contributed by atoms with Gasteiger partial charge in [0.25, 0.3) is 10.8 Å². The van der Waals surface area contributed by atoms with Gasteiger partial charge in [0.1, 0.15) is 6.61 Å². The standard InChI is InChI=1S/C8H5F3N2O5/c9-8(10,11)7-3-6(12(14)15)2-1-5(7)4-18-13(16)17/h1-3H,4H2. The Labute approximate surface area is 97.0 Å². The number of nitrogens with zero attached hydrogens (tertiary/aromatic N) is 2. The molecule has 1 rings (SSSR count). The maximum absolute atomic E-state index is 12.6. The highest BCUT2D eigenvalue weighted by atomic mass is 19.4. The molecule has 0 atom stereocenters. The van der Waals surface area contributed by atoms with Crippen LogP contribution in [-0.4, -0.2) is 10.0 Å². The van der Waals surface area contributed by atoms with Crippen molar-refractivity contribution in [2.75, 3.05) is 0 Å². The molecule has 10 heteroatoms. The van der Waals surface area contributed by atoms with Crippen LogP contribution in [0.5, 0.6) is 0 Å². The lowest BCUT2D eigenvalue weighted by Gasteiger charge is -2.11. The number of rotatable bonds is 4. The lowest BCUT2D eigenvalue weighted by molar-refractivity contribution is -0.763. The van der Waals surface area contributed by atoms with Crippen LogP contribution in [0.1, 0.15) is 11.1 Å². The number of nitro groups is 1. The second-order valence-corrected chi connectivity index (χ2v) is 3.09. The predicted octanol–water partition coefficient (Wildman–Crippen LogP) is 2.32. The minimum atomic E-state index is -4.86. The van der Waals surface area contributed by atoms with Gasteiger partial charge in [-0.2, -0.15) is 13.2 Å². The summed E-state index contributed by atoms with van der Waals surface area (Å²) in [6.07, 6.45) is -4.86. The van der Waals surface area contributed by atoms with Crippen molar-refractivity contribution in [2.45, 2.75) is 12.8 Å². The van der Waals surface area contributed by atoms with E-state index < -0.39 is 39.6 Å². The molecule has 0 N–H and O–H groups in total. The maximum Gasteiger partial charge on any atom is 0.416 e. The largest absolute Gasteiger partial charge is 0.416 e. The zero-order chi connectivity index (χ0) is 13.9. The van der Waals surface area contributed by atoms with Crippen molar-refractivity contribution in [3.05, 3.63) is 49.6 Å². The second-order valence-electron chi connectivity index (χ2n) is 3.09. The highest BCUT2D eigenvalue weighted by Gasteiger charge is 2.35. The number of benzene rings is 1. The van der Waals surface area contributed by atoms with Crippen LogP contribution in [0.4, 0.5) is 18.9 Å². The summed E-state index contributed by atoms with van der Waals surface area (Å²) in [6, 6.07) is 1.89. The van der Waals surface area contributed by atoms with E-state index in [4.69, 9.17) is 0 Å². The molecule has 0 radical (unpaired) electrons. The molecule has 1 aromatic carbocycles. The summed E-state index contributed by atoms with van der Waals surface area (Å²) in [5.41, 5.74) is -2.64. The van der Waals surface area contributed by atoms with E-state index in [9.17, 15) is 33.4 Å². The van der Waals surface area contributed by atoms with E-state index in [1.807, 2.05) is 0 Å². The molecule has 0 fully saturated rings. The lowest BCUT2D eigenvalue weighted by atomic mass is 10.1. The molecular weight excluding hydrogens is 261 g/mol. The summed E-state index contributed by atoms with van der Waals surface area (Å²) in [7, 11) is 0. The second kappa shape index (κ2) is 4.85. The van der Waals surface area contributed by atoms with Crippen molar-refractivity contribution >= 4 is 5.69 Å². The van der Waals surface area contributed by atoms with E-state index in [2.05, 4.69) is 4.84 Å². The van der Waals surface area contributed by atoms with Gasteiger partial charge in [-0.3, -0.25) is 10.1 Å². The third-order valence-electron chi connectivity index (χ3n) is 1.94. The van der Waals surface area contributed by atoms with Crippen molar-refractivity contribution in [3.8, 4) is 0 Å². The first kappa shape index (κ1) is 13.7. The SMILES string of the molecule is O=[N+]([O-])OCc1ccc([N+](=O)[O-])cc1C(F)(F)F. The van der Waals surface area contributed by atoms with Crippen molar-refractivity contribution in [1.29, 1.82) is 0 Å². The molecule has 0 heterocycles. The van der Waals surface area contributed by atoms with E-state index in [1.54, 1.807) is 0 Å². The summed E-state index contributed by atoms with van der Waals surface area (Å²) in [6.45, 7) is -0.931. The Morgan fingerprint density at radius 2 is 1.83 bits per heavy atom. The minimum Gasteiger partial charge on any atom is -0.309 e. The fourth-order valence-electron chi connectivity index (χ4n) is 1.19. The molecule has 1 aromatic rings. The predicted molar refractivity (Wildman–Crippen MR) is 49.9 cm³/mol. The van der Waals surface area contributed by atoms with E-state index >= 15 is 0 Å². The van der Waals surface area contributed by atoms with Gasteiger partial charge in [-0.15, -0.1) is 10.1 Å². The maximum atomic E-state index is 12.6. The Bertz CT molecular complexity index is 488. The molecule has 0 aliphatic carbocycles. The van der Waals surface area contributed by atoms with Crippen molar-refractivity contribution < 1.29 is 28.0 Å². The van der Waals surface area contributed by atoms with Gasteiger partial charge in [0.15, 0.2) is 0 Å². The smallest absolute Gasteiger partial charge is 0.309 e. The molecule has 0 bridgehead atoms. The van der Waals surface area contributed by atoms with E-state index in [0.29, 0.717) is 6.07 Å². The van der Waals surface area contributed by atoms with Gasteiger partial charge in [0.05, 0.1) is 10.5 Å². The zero-order valence-corrected chi connectivity index (χ0v) is 8.51. The van der Waals surface area contributed by atoms with Crippen LogP contribution >= 0.6 is 0 Å². The molecule has 0 amide bonds.